The van der Waals surface area contributed by atoms with E-state index in [1.807, 2.05) is 0 Å². The molecule has 4 amide bonds. The topological polar surface area (TPSA) is 190 Å². The molecule has 242 valence electrons. The fourth-order valence-electron chi connectivity index (χ4n) is 4.51. The molecule has 4 fully saturated rings. The Morgan fingerprint density at radius 3 is 1.70 bits per heavy atom. The molecule has 0 bridgehead atoms. The lowest BCUT2D eigenvalue weighted by atomic mass is 9.90. The fraction of sp³-hybridized carbons (Fsp3) is 0.786. The Labute approximate surface area is 250 Å². The molecule has 43 heavy (non-hydrogen) atoms. The highest BCUT2D eigenvalue weighted by Gasteiger charge is 2.42. The summed E-state index contributed by atoms with van der Waals surface area (Å²) in [6, 6.07) is 0. The van der Waals surface area contributed by atoms with Crippen molar-refractivity contribution < 1.29 is 57.4 Å². The largest absolute Gasteiger partial charge is 0.352 e. The number of amides is 4. The summed E-state index contributed by atoms with van der Waals surface area (Å²) < 4.78 is 23.1. The van der Waals surface area contributed by atoms with Gasteiger partial charge in [-0.25, -0.2) is 9.59 Å². The highest BCUT2D eigenvalue weighted by atomic mass is 16.7. The predicted octanol–water partition coefficient (Wildman–Crippen LogP) is 1.26. The minimum Gasteiger partial charge on any atom is -0.352 e. The normalized spacial score (nSPS) is 26.4. The summed E-state index contributed by atoms with van der Waals surface area (Å²) in [7, 11) is 0. The van der Waals surface area contributed by atoms with Crippen LogP contribution < -0.4 is 5.73 Å². The van der Waals surface area contributed by atoms with Gasteiger partial charge in [-0.05, 0) is 38.6 Å². The first-order chi connectivity index (χ1) is 20.6. The first-order valence-electron chi connectivity index (χ1n) is 14.9. The van der Waals surface area contributed by atoms with Gasteiger partial charge in [-0.2, -0.15) is 0 Å². The number of carbonyl (C=O) groups is 6. The number of nitrogens with zero attached hydrogens (tertiary/aromatic N) is 2. The Kier molecular flexibility index (Phi) is 13.4. The van der Waals surface area contributed by atoms with Crippen LogP contribution in [-0.2, 0) is 57.4 Å². The maximum Gasteiger partial charge on any atom is 0.335 e. The molecule has 0 aliphatic carbocycles. The molecule has 1 atom stereocenters. The van der Waals surface area contributed by atoms with Crippen LogP contribution in [0.15, 0.2) is 0 Å². The second-order valence-electron chi connectivity index (χ2n) is 11.2. The van der Waals surface area contributed by atoms with E-state index in [2.05, 4.69) is 11.8 Å². The van der Waals surface area contributed by atoms with Crippen LogP contribution in [-0.4, -0.2) is 91.2 Å². The lowest BCUT2D eigenvalue weighted by molar-refractivity contribution is -0.304. The molecule has 0 aromatic heterocycles. The maximum absolute atomic E-state index is 11.8. The number of ether oxygens (including phenoxy) is 4. The number of rotatable bonds is 12. The van der Waals surface area contributed by atoms with Gasteiger partial charge in [0.05, 0.1) is 37.8 Å². The zero-order valence-corrected chi connectivity index (χ0v) is 24.9. The van der Waals surface area contributed by atoms with Gasteiger partial charge in [0, 0.05) is 32.1 Å². The minimum absolute atomic E-state index is 0.00408. The van der Waals surface area contributed by atoms with Crippen LogP contribution in [0.1, 0.15) is 84.5 Å². The van der Waals surface area contributed by atoms with Gasteiger partial charge in [0.15, 0.2) is 12.6 Å². The number of hydrogen-bond acceptors (Lipinski definition) is 13. The molecular weight excluding hydrogens is 570 g/mol. The van der Waals surface area contributed by atoms with Crippen molar-refractivity contribution in [3.63, 3.8) is 0 Å². The molecule has 4 rings (SSSR count). The van der Waals surface area contributed by atoms with E-state index in [0.29, 0.717) is 43.1 Å². The number of imide groups is 2. The zero-order valence-electron chi connectivity index (χ0n) is 24.9. The van der Waals surface area contributed by atoms with Crippen molar-refractivity contribution in [2.75, 3.05) is 33.0 Å². The molecule has 1 unspecified atom stereocenters. The molecule has 4 aliphatic rings. The van der Waals surface area contributed by atoms with Crippen LogP contribution in [0.25, 0.3) is 0 Å². The minimum atomic E-state index is -0.841. The first kappa shape index (κ1) is 34.5. The van der Waals surface area contributed by atoms with Gasteiger partial charge >= 0.3 is 11.9 Å². The molecule has 15 nitrogen and oxygen atoms in total. The Bertz CT molecular complexity index is 943. The molecule has 0 radical (unpaired) electrons. The van der Waals surface area contributed by atoms with Crippen molar-refractivity contribution in [2.45, 2.75) is 97.1 Å². The summed E-state index contributed by atoms with van der Waals surface area (Å²) in [5.41, 5.74) is 5.38. The summed E-state index contributed by atoms with van der Waals surface area (Å²) in [5, 5.41) is 0.853. The Balaban J connectivity index is 0.000000242. The van der Waals surface area contributed by atoms with Gasteiger partial charge in [-0.1, -0.05) is 20.3 Å². The van der Waals surface area contributed by atoms with Crippen LogP contribution in [0.2, 0.25) is 0 Å². The lowest BCUT2D eigenvalue weighted by Gasteiger charge is -2.43. The van der Waals surface area contributed by atoms with Crippen LogP contribution in [0.3, 0.4) is 0 Å². The highest BCUT2D eigenvalue weighted by Crippen LogP contribution is 2.32. The highest BCUT2D eigenvalue weighted by molar-refractivity contribution is 6.02. The second kappa shape index (κ2) is 16.8. The molecular formula is C28H43N3O12. The third kappa shape index (κ3) is 10.3. The average molecular weight is 614 g/mol. The molecule has 15 heteroatoms. The van der Waals surface area contributed by atoms with Crippen LogP contribution in [0.5, 0.6) is 0 Å². The Hall–Kier alpha value is -2.98. The van der Waals surface area contributed by atoms with E-state index in [-0.39, 0.29) is 56.5 Å². The zero-order chi connectivity index (χ0) is 31.4. The van der Waals surface area contributed by atoms with Crippen molar-refractivity contribution in [3.05, 3.63) is 0 Å². The number of hydroxylamine groups is 4. The SMILES string of the molecule is CC(CCC(=O)ON1C(=O)CCC1=O)C(=O)ON1C(=O)CCC1=O.CCCCC1OCC2(CO1)COC(CCCN)OC2. The molecule has 4 heterocycles. The Morgan fingerprint density at radius 2 is 1.26 bits per heavy atom. The lowest BCUT2D eigenvalue weighted by Crippen LogP contribution is -2.52. The average Bonchev–Trinajstić information content (AvgIpc) is 3.50. The van der Waals surface area contributed by atoms with Crippen LogP contribution >= 0.6 is 0 Å². The maximum atomic E-state index is 11.8. The number of hydrogen-bond donors (Lipinski definition) is 1. The predicted molar refractivity (Wildman–Crippen MR) is 144 cm³/mol. The van der Waals surface area contributed by atoms with E-state index < -0.39 is 41.5 Å². The van der Waals surface area contributed by atoms with Crippen LogP contribution in [0.4, 0.5) is 0 Å². The van der Waals surface area contributed by atoms with Crippen LogP contribution in [0, 0.1) is 11.3 Å². The van der Waals surface area contributed by atoms with E-state index in [0.717, 1.165) is 25.7 Å². The molecule has 1 spiro atoms. The van der Waals surface area contributed by atoms with Gasteiger partial charge in [-0.15, -0.1) is 10.1 Å². The van der Waals surface area contributed by atoms with Crippen molar-refractivity contribution in [1.29, 1.82) is 0 Å². The second-order valence-corrected chi connectivity index (χ2v) is 11.2. The smallest absolute Gasteiger partial charge is 0.335 e. The fourth-order valence-corrected chi connectivity index (χ4v) is 4.51. The summed E-state index contributed by atoms with van der Waals surface area (Å²) in [6.45, 7) is 6.96. The van der Waals surface area contributed by atoms with Gasteiger partial charge in [0.25, 0.3) is 23.6 Å². The van der Waals surface area contributed by atoms with Crippen molar-refractivity contribution in [2.24, 2.45) is 17.1 Å². The van der Waals surface area contributed by atoms with E-state index in [1.165, 1.54) is 13.3 Å². The van der Waals surface area contributed by atoms with E-state index in [4.69, 9.17) is 29.5 Å². The number of nitrogens with two attached hydrogens (primary N) is 1. The molecule has 0 aromatic carbocycles. The third-order valence-electron chi connectivity index (χ3n) is 7.31. The Morgan fingerprint density at radius 1 is 0.814 bits per heavy atom. The summed E-state index contributed by atoms with van der Waals surface area (Å²) >= 11 is 0. The molecule has 0 aromatic rings. The van der Waals surface area contributed by atoms with Crippen molar-refractivity contribution in [3.8, 4) is 0 Å². The summed E-state index contributed by atoms with van der Waals surface area (Å²) in [4.78, 5) is 78.1. The van der Waals surface area contributed by atoms with E-state index in [9.17, 15) is 28.8 Å². The van der Waals surface area contributed by atoms with Gasteiger partial charge < -0.3 is 34.4 Å². The van der Waals surface area contributed by atoms with Gasteiger partial charge in [0.1, 0.15) is 0 Å². The van der Waals surface area contributed by atoms with Crippen molar-refractivity contribution in [1.82, 2.24) is 10.1 Å². The van der Waals surface area contributed by atoms with E-state index >= 15 is 0 Å². The molecule has 4 saturated heterocycles. The summed E-state index contributed by atoms with van der Waals surface area (Å²) in [6.07, 6.45) is 4.68. The first-order valence-corrected chi connectivity index (χ1v) is 14.9. The number of unbranched alkanes of at least 4 members (excludes halogenated alkanes) is 1. The van der Waals surface area contributed by atoms with Gasteiger partial charge in [-0.3, -0.25) is 19.2 Å². The van der Waals surface area contributed by atoms with E-state index in [1.54, 1.807) is 0 Å². The third-order valence-corrected chi connectivity index (χ3v) is 7.31. The van der Waals surface area contributed by atoms with Crippen molar-refractivity contribution >= 4 is 35.6 Å². The molecule has 0 saturated carbocycles. The standard InChI is InChI=1S/C14H16N2O8.C14H27NO4/c1-8(14(22)24-16-11(19)5-6-12(16)20)2-7-13(21)23-15-9(17)3-4-10(15)18;1-2-3-5-12-16-8-14(9-17-12)10-18-13(19-11-14)6-4-7-15/h8H,2-7H2,1H3;12-13H,2-11,15H2,1H3. The molecule has 2 N–H and O–H groups in total. The van der Waals surface area contributed by atoms with Gasteiger partial charge in [0.2, 0.25) is 0 Å². The monoisotopic (exact) mass is 613 g/mol. The number of carbonyl (C=O) groups excluding carboxylic acids is 6. The summed E-state index contributed by atoms with van der Waals surface area (Å²) in [5.74, 6) is -4.83. The quantitative estimate of drug-likeness (QED) is 0.310. The molecule has 4 aliphatic heterocycles.